The van der Waals surface area contributed by atoms with Gasteiger partial charge in [0.05, 0.1) is 17.8 Å². The minimum atomic E-state index is -0.556. The molecule has 1 amide bonds. The number of likely N-dealkylation sites (tertiary alicyclic amines) is 1. The molecule has 0 spiro atoms. The van der Waals surface area contributed by atoms with Gasteiger partial charge in [0.25, 0.3) is 0 Å². The number of aliphatic hydroxyl groups excluding tert-OH is 1. The van der Waals surface area contributed by atoms with E-state index in [1.54, 1.807) is 6.92 Å². The summed E-state index contributed by atoms with van der Waals surface area (Å²) in [7, 11) is 0. The quantitative estimate of drug-likeness (QED) is 0.380. The van der Waals surface area contributed by atoms with E-state index in [1.165, 1.54) is 11.1 Å². The number of carbonyl (C=O) groups is 1. The molecule has 1 saturated heterocycles. The summed E-state index contributed by atoms with van der Waals surface area (Å²) in [5, 5.41) is 16.5. The number of benzene rings is 3. The molecule has 1 atom stereocenters. The molecule has 1 unspecified atom stereocenters. The first-order valence-corrected chi connectivity index (χ1v) is 14.0. The Balaban J connectivity index is 1.10. The lowest BCUT2D eigenvalue weighted by Crippen LogP contribution is -2.38. The molecule has 3 heterocycles. The van der Waals surface area contributed by atoms with Crippen LogP contribution in [-0.2, 0) is 17.8 Å². The van der Waals surface area contributed by atoms with E-state index in [1.807, 2.05) is 29.3 Å². The van der Waals surface area contributed by atoms with Crippen LogP contribution in [0.4, 0.5) is 0 Å². The van der Waals surface area contributed by atoms with E-state index in [-0.39, 0.29) is 18.6 Å². The molecule has 4 aromatic rings. The van der Waals surface area contributed by atoms with Gasteiger partial charge in [0, 0.05) is 45.0 Å². The minimum absolute atomic E-state index is 0.146. The van der Waals surface area contributed by atoms with Crippen molar-refractivity contribution in [2.75, 3.05) is 32.8 Å². The first kappa shape index (κ1) is 25.6. The molecular formula is C32H36N4O3. The monoisotopic (exact) mass is 524 g/mol. The Bertz CT molecular complexity index is 1460. The van der Waals surface area contributed by atoms with Crippen LogP contribution in [0, 0.1) is 0 Å². The third kappa shape index (κ3) is 5.70. The van der Waals surface area contributed by atoms with Crippen LogP contribution in [0.1, 0.15) is 36.9 Å². The third-order valence-electron chi connectivity index (χ3n) is 8.14. The molecule has 6 rings (SSSR count). The van der Waals surface area contributed by atoms with Crippen molar-refractivity contribution in [1.82, 2.24) is 19.6 Å². The Kier molecular flexibility index (Phi) is 7.35. The van der Waals surface area contributed by atoms with Gasteiger partial charge in [-0.15, -0.1) is 0 Å². The number of rotatable bonds is 7. The van der Waals surface area contributed by atoms with E-state index >= 15 is 0 Å². The lowest BCUT2D eigenvalue weighted by molar-refractivity contribution is -0.130. The number of aliphatic hydroxyl groups is 1. The molecule has 1 fully saturated rings. The molecule has 0 aliphatic carbocycles. The highest BCUT2D eigenvalue weighted by Gasteiger charge is 2.24. The lowest BCUT2D eigenvalue weighted by Gasteiger charge is -2.31. The van der Waals surface area contributed by atoms with Gasteiger partial charge >= 0.3 is 0 Å². The Hall–Kier alpha value is -3.68. The molecule has 1 aromatic heterocycles. The van der Waals surface area contributed by atoms with Gasteiger partial charge in [0.2, 0.25) is 5.91 Å². The summed E-state index contributed by atoms with van der Waals surface area (Å²) in [5.41, 5.74) is 6.04. The molecule has 7 heteroatoms. The highest BCUT2D eigenvalue weighted by molar-refractivity contribution is 5.84. The van der Waals surface area contributed by atoms with Gasteiger partial charge in [0.15, 0.2) is 0 Å². The molecule has 0 bridgehead atoms. The average Bonchev–Trinajstić information content (AvgIpc) is 3.39. The van der Waals surface area contributed by atoms with E-state index in [0.717, 1.165) is 73.2 Å². The van der Waals surface area contributed by atoms with Crippen molar-refractivity contribution in [3.63, 3.8) is 0 Å². The van der Waals surface area contributed by atoms with Gasteiger partial charge in [-0.05, 0) is 59.7 Å². The summed E-state index contributed by atoms with van der Waals surface area (Å²) >= 11 is 0. The Labute approximate surface area is 229 Å². The van der Waals surface area contributed by atoms with Gasteiger partial charge in [-0.1, -0.05) is 48.5 Å². The zero-order valence-electron chi connectivity index (χ0n) is 22.5. The SMILES string of the molecule is CC(=O)N1CCC(n2ncc3ccc(-c4cccc(OCC(O)CN5CCc6ccccc6C5)c4)cc32)CC1. The summed E-state index contributed by atoms with van der Waals surface area (Å²) in [6.45, 7) is 5.87. The van der Waals surface area contributed by atoms with Crippen molar-refractivity contribution < 1.29 is 14.6 Å². The van der Waals surface area contributed by atoms with Crippen molar-refractivity contribution in [2.45, 2.75) is 44.9 Å². The second-order valence-corrected chi connectivity index (χ2v) is 10.8. The number of ether oxygens (including phenoxy) is 1. The Morgan fingerprint density at radius 3 is 2.62 bits per heavy atom. The number of carbonyl (C=O) groups excluding carboxylic acids is 1. The second kappa shape index (κ2) is 11.2. The molecule has 1 N–H and O–H groups in total. The van der Waals surface area contributed by atoms with Crippen LogP contribution in [0.2, 0.25) is 0 Å². The van der Waals surface area contributed by atoms with Crippen molar-refractivity contribution in [2.24, 2.45) is 0 Å². The molecule has 202 valence electrons. The standard InChI is InChI=1S/C32H36N4O3/c1-23(37)35-15-12-29(13-16-35)36-32-18-26(9-10-27(32)19-33-36)25-7-4-8-31(17-25)39-22-30(38)21-34-14-11-24-5-2-3-6-28(24)20-34/h2-10,17-19,29-30,38H,11-16,20-22H2,1H3. The summed E-state index contributed by atoms with van der Waals surface area (Å²) in [6, 6.07) is 23.3. The normalized spacial score (nSPS) is 17.2. The van der Waals surface area contributed by atoms with Gasteiger partial charge < -0.3 is 14.7 Å². The molecule has 2 aliphatic heterocycles. The molecule has 0 saturated carbocycles. The zero-order valence-corrected chi connectivity index (χ0v) is 22.5. The first-order valence-electron chi connectivity index (χ1n) is 14.0. The number of aromatic nitrogens is 2. The molecule has 39 heavy (non-hydrogen) atoms. The topological polar surface area (TPSA) is 70.8 Å². The van der Waals surface area contributed by atoms with Gasteiger partial charge in [-0.2, -0.15) is 5.10 Å². The predicted molar refractivity (Wildman–Crippen MR) is 153 cm³/mol. The van der Waals surface area contributed by atoms with E-state index in [4.69, 9.17) is 9.84 Å². The largest absolute Gasteiger partial charge is 0.491 e. The lowest BCUT2D eigenvalue weighted by atomic mass is 10.00. The molecule has 2 aliphatic rings. The fourth-order valence-electron chi connectivity index (χ4n) is 5.95. The van der Waals surface area contributed by atoms with Crippen molar-refractivity contribution >= 4 is 16.8 Å². The predicted octanol–water partition coefficient (Wildman–Crippen LogP) is 4.68. The Morgan fingerprint density at radius 2 is 1.79 bits per heavy atom. The van der Waals surface area contributed by atoms with E-state index in [0.29, 0.717) is 6.54 Å². The highest BCUT2D eigenvalue weighted by atomic mass is 16.5. The van der Waals surface area contributed by atoms with Crippen LogP contribution < -0.4 is 4.74 Å². The van der Waals surface area contributed by atoms with Crippen molar-refractivity contribution in [1.29, 1.82) is 0 Å². The van der Waals surface area contributed by atoms with Crippen LogP contribution in [0.25, 0.3) is 22.0 Å². The first-order chi connectivity index (χ1) is 19.0. The number of β-amino-alcohol motifs (C(OH)–C–C–N with tert-alkyl or cyclic N) is 1. The van der Waals surface area contributed by atoms with Gasteiger partial charge in [-0.25, -0.2) is 0 Å². The number of fused-ring (bicyclic) bond motifs is 2. The van der Waals surface area contributed by atoms with E-state index in [2.05, 4.69) is 58.1 Å². The van der Waals surface area contributed by atoms with Crippen LogP contribution >= 0.6 is 0 Å². The van der Waals surface area contributed by atoms with Crippen LogP contribution in [0.5, 0.6) is 5.75 Å². The molecule has 7 nitrogen and oxygen atoms in total. The van der Waals surface area contributed by atoms with Gasteiger partial charge in [-0.3, -0.25) is 14.4 Å². The number of hydrogen-bond donors (Lipinski definition) is 1. The average molecular weight is 525 g/mol. The maximum absolute atomic E-state index is 11.7. The van der Waals surface area contributed by atoms with Crippen molar-refractivity contribution in [3.8, 4) is 16.9 Å². The van der Waals surface area contributed by atoms with Crippen LogP contribution in [0.15, 0.2) is 72.9 Å². The smallest absolute Gasteiger partial charge is 0.219 e. The summed E-state index contributed by atoms with van der Waals surface area (Å²) < 4.78 is 8.17. The number of hydrogen-bond acceptors (Lipinski definition) is 5. The maximum Gasteiger partial charge on any atom is 0.219 e. The summed E-state index contributed by atoms with van der Waals surface area (Å²) in [5.74, 6) is 0.897. The summed E-state index contributed by atoms with van der Waals surface area (Å²) in [6.07, 6.45) is 4.22. The van der Waals surface area contributed by atoms with Crippen LogP contribution in [0.3, 0.4) is 0 Å². The minimum Gasteiger partial charge on any atom is -0.491 e. The molecule has 0 radical (unpaired) electrons. The van der Waals surface area contributed by atoms with E-state index < -0.39 is 6.10 Å². The number of nitrogens with zero attached hydrogens (tertiary/aromatic N) is 4. The van der Waals surface area contributed by atoms with E-state index in [9.17, 15) is 9.90 Å². The van der Waals surface area contributed by atoms with Crippen LogP contribution in [-0.4, -0.2) is 69.5 Å². The molecule has 3 aromatic carbocycles. The third-order valence-corrected chi connectivity index (χ3v) is 8.14. The fourth-order valence-corrected chi connectivity index (χ4v) is 5.95. The van der Waals surface area contributed by atoms with Gasteiger partial charge in [0.1, 0.15) is 18.5 Å². The maximum atomic E-state index is 11.7. The zero-order chi connectivity index (χ0) is 26.8. The second-order valence-electron chi connectivity index (χ2n) is 10.8. The number of amides is 1. The summed E-state index contributed by atoms with van der Waals surface area (Å²) in [4.78, 5) is 15.9. The molecular weight excluding hydrogens is 488 g/mol. The Morgan fingerprint density at radius 1 is 1.00 bits per heavy atom. The number of piperidine rings is 1. The van der Waals surface area contributed by atoms with Crippen molar-refractivity contribution in [3.05, 3.63) is 84.1 Å². The fraction of sp³-hybridized carbons (Fsp3) is 0.375. The highest BCUT2D eigenvalue weighted by Crippen LogP contribution is 2.31.